The first-order valence-electron chi connectivity index (χ1n) is 8.93. The number of benzene rings is 1. The van der Waals surface area contributed by atoms with Gasteiger partial charge in [0.1, 0.15) is 19.0 Å². The van der Waals surface area contributed by atoms with Crippen LogP contribution in [0, 0.1) is 6.92 Å². The minimum absolute atomic E-state index is 0.0579. The highest BCUT2D eigenvalue weighted by Crippen LogP contribution is 2.33. The van der Waals surface area contributed by atoms with Crippen LogP contribution in [0.4, 0.5) is 5.82 Å². The highest BCUT2D eigenvalue weighted by atomic mass is 16.6. The zero-order chi connectivity index (χ0) is 17.9. The Kier molecular flexibility index (Phi) is 4.60. The number of ether oxygens (including phenoxy) is 2. The number of carbonyl (C=O) groups is 1. The van der Waals surface area contributed by atoms with E-state index in [1.165, 1.54) is 0 Å². The fourth-order valence-electron chi connectivity index (χ4n) is 3.41. The summed E-state index contributed by atoms with van der Waals surface area (Å²) in [7, 11) is 0. The van der Waals surface area contributed by atoms with Crippen molar-refractivity contribution >= 4 is 11.7 Å². The van der Waals surface area contributed by atoms with E-state index in [4.69, 9.17) is 9.47 Å². The summed E-state index contributed by atoms with van der Waals surface area (Å²) in [6.45, 7) is 4.68. The molecule has 1 N–H and O–H groups in total. The molecule has 2 aliphatic rings. The fourth-order valence-corrected chi connectivity index (χ4v) is 3.41. The molecule has 0 bridgehead atoms. The third-order valence-electron chi connectivity index (χ3n) is 4.84. The number of nitrogens with one attached hydrogen (secondary N) is 1. The number of hydrogen-bond acceptors (Lipinski definition) is 6. The second kappa shape index (κ2) is 7.19. The number of piperidine rings is 1. The van der Waals surface area contributed by atoms with Gasteiger partial charge in [-0.05, 0) is 37.5 Å². The second-order valence-corrected chi connectivity index (χ2v) is 6.61. The number of nitrogens with zero attached hydrogens (tertiary/aromatic N) is 3. The van der Waals surface area contributed by atoms with Crippen LogP contribution in [0.2, 0.25) is 0 Å². The van der Waals surface area contributed by atoms with E-state index in [2.05, 4.69) is 20.2 Å². The summed E-state index contributed by atoms with van der Waals surface area (Å²) in [5.41, 5.74) is 1.54. The lowest BCUT2D eigenvalue weighted by Gasteiger charge is -2.33. The molecular weight excluding hydrogens is 332 g/mol. The van der Waals surface area contributed by atoms with Gasteiger partial charge in [-0.1, -0.05) is 0 Å². The van der Waals surface area contributed by atoms with Crippen LogP contribution in [-0.2, 0) is 0 Å². The molecule has 2 aromatic rings. The van der Waals surface area contributed by atoms with Gasteiger partial charge in [-0.2, -0.15) is 0 Å². The number of carbonyl (C=O) groups excluding carboxylic acids is 1. The van der Waals surface area contributed by atoms with E-state index in [1.807, 2.05) is 13.0 Å². The molecule has 0 radical (unpaired) electrons. The van der Waals surface area contributed by atoms with Gasteiger partial charge in [0.15, 0.2) is 11.5 Å². The average Bonchev–Trinajstić information content (AvgIpc) is 2.68. The maximum atomic E-state index is 12.7. The van der Waals surface area contributed by atoms with Crippen molar-refractivity contribution in [3.05, 3.63) is 41.9 Å². The quantitative estimate of drug-likeness (QED) is 0.908. The Morgan fingerprint density at radius 2 is 1.88 bits per heavy atom. The second-order valence-electron chi connectivity index (χ2n) is 6.61. The maximum absolute atomic E-state index is 12.7. The van der Waals surface area contributed by atoms with Crippen LogP contribution in [0.25, 0.3) is 0 Å². The molecule has 1 amide bonds. The van der Waals surface area contributed by atoms with Gasteiger partial charge in [0.05, 0.1) is 6.20 Å². The minimum atomic E-state index is -0.0579. The van der Waals surface area contributed by atoms with Crippen molar-refractivity contribution in [2.45, 2.75) is 25.8 Å². The lowest BCUT2D eigenvalue weighted by atomic mass is 10.0. The molecule has 0 atom stereocenters. The Bertz CT molecular complexity index is 789. The normalized spacial score (nSPS) is 17.0. The summed E-state index contributed by atoms with van der Waals surface area (Å²) in [6, 6.07) is 3.82. The van der Waals surface area contributed by atoms with E-state index in [0.29, 0.717) is 30.3 Å². The Hall–Kier alpha value is -2.83. The van der Waals surface area contributed by atoms with Crippen LogP contribution < -0.4 is 19.7 Å². The van der Waals surface area contributed by atoms with Crippen molar-refractivity contribution in [3.63, 3.8) is 0 Å². The molecule has 1 aromatic carbocycles. The number of amides is 1. The first-order chi connectivity index (χ1) is 12.7. The summed E-state index contributed by atoms with van der Waals surface area (Å²) < 4.78 is 11.2. The third kappa shape index (κ3) is 3.42. The molecule has 7 heteroatoms. The minimum Gasteiger partial charge on any atom is -0.486 e. The summed E-state index contributed by atoms with van der Waals surface area (Å²) in [5.74, 6) is 2.18. The van der Waals surface area contributed by atoms with Crippen LogP contribution in [0.15, 0.2) is 30.7 Å². The van der Waals surface area contributed by atoms with E-state index < -0.39 is 0 Å². The van der Waals surface area contributed by atoms with Gasteiger partial charge in [0.2, 0.25) is 0 Å². The van der Waals surface area contributed by atoms with Crippen LogP contribution in [0.3, 0.4) is 0 Å². The first kappa shape index (κ1) is 16.6. The van der Waals surface area contributed by atoms with Gasteiger partial charge < -0.3 is 19.7 Å². The highest BCUT2D eigenvalue weighted by Gasteiger charge is 2.24. The summed E-state index contributed by atoms with van der Waals surface area (Å²) >= 11 is 0. The maximum Gasteiger partial charge on any atom is 0.251 e. The summed E-state index contributed by atoms with van der Waals surface area (Å²) in [5, 5.41) is 3.16. The molecule has 2 aliphatic heterocycles. The van der Waals surface area contributed by atoms with Crippen molar-refractivity contribution in [1.29, 1.82) is 0 Å². The van der Waals surface area contributed by atoms with Crippen molar-refractivity contribution in [3.8, 4) is 11.5 Å². The number of aromatic nitrogens is 2. The van der Waals surface area contributed by atoms with E-state index in [1.54, 1.807) is 24.7 Å². The lowest BCUT2D eigenvalue weighted by Crippen LogP contribution is -2.45. The van der Waals surface area contributed by atoms with Gasteiger partial charge in [0, 0.05) is 37.1 Å². The Labute approximate surface area is 152 Å². The van der Waals surface area contributed by atoms with Crippen molar-refractivity contribution in [1.82, 2.24) is 15.3 Å². The molecule has 1 aromatic heterocycles. The van der Waals surface area contributed by atoms with Crippen LogP contribution >= 0.6 is 0 Å². The molecular formula is C19H22N4O3. The van der Waals surface area contributed by atoms with Gasteiger partial charge >= 0.3 is 0 Å². The number of rotatable bonds is 3. The molecule has 0 aliphatic carbocycles. The monoisotopic (exact) mass is 354 g/mol. The van der Waals surface area contributed by atoms with E-state index in [9.17, 15) is 4.79 Å². The standard InChI is InChI=1S/C19H22N4O3/c1-13-10-16-17(26-9-8-25-16)11-15(13)19(24)22-14-2-6-23(7-3-14)18-12-20-4-5-21-18/h4-5,10-12,14H,2-3,6-9H2,1H3,(H,22,24). The number of hydrogen-bond donors (Lipinski definition) is 1. The zero-order valence-electron chi connectivity index (χ0n) is 14.8. The van der Waals surface area contributed by atoms with Gasteiger partial charge in [-0.15, -0.1) is 0 Å². The van der Waals surface area contributed by atoms with Crippen molar-refractivity contribution in [2.75, 3.05) is 31.2 Å². The highest BCUT2D eigenvalue weighted by molar-refractivity contribution is 5.96. The Morgan fingerprint density at radius 3 is 2.58 bits per heavy atom. The molecule has 3 heterocycles. The third-order valence-corrected chi connectivity index (χ3v) is 4.84. The smallest absolute Gasteiger partial charge is 0.251 e. The van der Waals surface area contributed by atoms with Crippen molar-refractivity contribution in [2.24, 2.45) is 0 Å². The molecule has 0 unspecified atom stereocenters. The van der Waals surface area contributed by atoms with Crippen molar-refractivity contribution < 1.29 is 14.3 Å². The summed E-state index contributed by atoms with van der Waals surface area (Å²) in [4.78, 5) is 23.4. The van der Waals surface area contributed by atoms with Gasteiger partial charge in [-0.25, -0.2) is 4.98 Å². The van der Waals surface area contributed by atoms with Gasteiger partial charge in [0.25, 0.3) is 5.91 Å². The molecule has 1 saturated heterocycles. The van der Waals surface area contributed by atoms with E-state index in [0.717, 1.165) is 37.3 Å². The molecule has 4 rings (SSSR count). The molecule has 0 saturated carbocycles. The molecule has 1 fully saturated rings. The Morgan fingerprint density at radius 1 is 1.15 bits per heavy atom. The predicted molar refractivity (Wildman–Crippen MR) is 96.9 cm³/mol. The summed E-state index contributed by atoms with van der Waals surface area (Å²) in [6.07, 6.45) is 6.91. The van der Waals surface area contributed by atoms with Crippen LogP contribution in [-0.4, -0.2) is 48.2 Å². The molecule has 0 spiro atoms. The SMILES string of the molecule is Cc1cc2c(cc1C(=O)NC1CCN(c3cnccn3)CC1)OCCO2. The largest absolute Gasteiger partial charge is 0.486 e. The molecule has 136 valence electrons. The topological polar surface area (TPSA) is 76.6 Å². The fraction of sp³-hybridized carbons (Fsp3) is 0.421. The first-order valence-corrected chi connectivity index (χ1v) is 8.93. The van der Waals surface area contributed by atoms with E-state index in [-0.39, 0.29) is 11.9 Å². The lowest BCUT2D eigenvalue weighted by molar-refractivity contribution is 0.0929. The van der Waals surface area contributed by atoms with Gasteiger partial charge in [-0.3, -0.25) is 9.78 Å². The van der Waals surface area contributed by atoms with E-state index >= 15 is 0 Å². The zero-order valence-corrected chi connectivity index (χ0v) is 14.8. The number of anilines is 1. The Balaban J connectivity index is 1.39. The van der Waals surface area contributed by atoms with Crippen LogP contribution in [0.5, 0.6) is 11.5 Å². The van der Waals surface area contributed by atoms with Crippen LogP contribution in [0.1, 0.15) is 28.8 Å². The number of aryl methyl sites for hydroxylation is 1. The number of fused-ring (bicyclic) bond motifs is 1. The predicted octanol–water partition coefficient (Wildman–Crippen LogP) is 1.96. The average molecular weight is 354 g/mol. The molecule has 26 heavy (non-hydrogen) atoms. The molecule has 7 nitrogen and oxygen atoms in total.